The summed E-state index contributed by atoms with van der Waals surface area (Å²) in [7, 11) is 0. The lowest BCUT2D eigenvalue weighted by Gasteiger charge is -2.11. The van der Waals surface area contributed by atoms with Gasteiger partial charge in [0.2, 0.25) is 0 Å². The number of rotatable bonds is 7. The molecule has 0 atom stereocenters. The van der Waals surface area contributed by atoms with Crippen LogP contribution in [0.4, 0.5) is 5.69 Å². The van der Waals surface area contributed by atoms with E-state index in [-0.39, 0.29) is 5.91 Å². The van der Waals surface area contributed by atoms with Gasteiger partial charge in [0.1, 0.15) is 18.1 Å². The summed E-state index contributed by atoms with van der Waals surface area (Å²) >= 11 is 0. The van der Waals surface area contributed by atoms with Gasteiger partial charge in [-0.05, 0) is 53.6 Å². The van der Waals surface area contributed by atoms with Crippen LogP contribution in [0.2, 0.25) is 0 Å². The Morgan fingerprint density at radius 2 is 1.53 bits per heavy atom. The lowest BCUT2D eigenvalue weighted by atomic mass is 10.0. The van der Waals surface area contributed by atoms with Gasteiger partial charge in [0.15, 0.2) is 0 Å². The van der Waals surface area contributed by atoms with Gasteiger partial charge in [-0.15, -0.1) is 0 Å². The molecule has 4 heteroatoms. The first kappa shape index (κ1) is 19.3. The highest BCUT2D eigenvalue weighted by molar-refractivity contribution is 6.29. The molecule has 0 spiro atoms. The van der Waals surface area contributed by atoms with Crippen LogP contribution in [0.1, 0.15) is 16.9 Å². The van der Waals surface area contributed by atoms with Gasteiger partial charge in [0.25, 0.3) is 5.91 Å². The highest BCUT2D eigenvalue weighted by atomic mass is 16.5. The van der Waals surface area contributed by atoms with Crippen LogP contribution < -0.4 is 10.1 Å². The van der Waals surface area contributed by atoms with Crippen LogP contribution in [-0.2, 0) is 11.4 Å². The maximum absolute atomic E-state index is 13.0. The quantitative estimate of drug-likeness (QED) is 0.388. The molecule has 4 nitrogen and oxygen atoms in total. The van der Waals surface area contributed by atoms with Crippen LogP contribution in [0.25, 0.3) is 11.6 Å². The molecular formula is C26H21NO3. The van der Waals surface area contributed by atoms with Crippen molar-refractivity contribution in [3.05, 3.63) is 120 Å². The molecule has 0 bridgehead atoms. The van der Waals surface area contributed by atoms with Gasteiger partial charge in [0.05, 0.1) is 11.8 Å². The largest absolute Gasteiger partial charge is 0.489 e. The van der Waals surface area contributed by atoms with Crippen molar-refractivity contribution in [2.75, 3.05) is 5.32 Å². The molecule has 30 heavy (non-hydrogen) atoms. The zero-order valence-electron chi connectivity index (χ0n) is 16.3. The number of furan rings is 1. The van der Waals surface area contributed by atoms with Crippen LogP contribution in [-0.4, -0.2) is 5.91 Å². The Labute approximate surface area is 175 Å². The second kappa shape index (κ2) is 9.43. The van der Waals surface area contributed by atoms with Crippen LogP contribution in [0, 0.1) is 0 Å². The van der Waals surface area contributed by atoms with Crippen LogP contribution in [0.15, 0.2) is 108 Å². The van der Waals surface area contributed by atoms with Crippen molar-refractivity contribution >= 4 is 23.2 Å². The number of hydrogen-bond acceptors (Lipinski definition) is 3. The number of hydrogen-bond donors (Lipinski definition) is 1. The summed E-state index contributed by atoms with van der Waals surface area (Å²) in [6.07, 6.45) is 3.32. The van der Waals surface area contributed by atoms with Gasteiger partial charge >= 0.3 is 0 Å². The van der Waals surface area contributed by atoms with Crippen LogP contribution in [0.3, 0.4) is 0 Å². The molecule has 1 aromatic heterocycles. The fourth-order valence-corrected chi connectivity index (χ4v) is 2.99. The number of amides is 1. The van der Waals surface area contributed by atoms with E-state index < -0.39 is 0 Å². The Hall–Kier alpha value is -4.05. The Balaban J connectivity index is 1.46. The summed E-state index contributed by atoms with van der Waals surface area (Å²) in [6.45, 7) is 0.497. The number of anilines is 1. The maximum atomic E-state index is 13.0. The Morgan fingerprint density at radius 3 is 2.20 bits per heavy atom. The molecular weight excluding hydrogens is 374 g/mol. The van der Waals surface area contributed by atoms with Crippen molar-refractivity contribution in [3.8, 4) is 5.75 Å². The highest BCUT2D eigenvalue weighted by Crippen LogP contribution is 2.22. The number of carbonyl (C=O) groups is 1. The molecule has 0 aliphatic carbocycles. The van der Waals surface area contributed by atoms with E-state index in [1.165, 1.54) is 0 Å². The second-order valence-electron chi connectivity index (χ2n) is 6.69. The molecule has 1 N–H and O–H groups in total. The predicted molar refractivity (Wildman–Crippen MR) is 119 cm³/mol. The Bertz CT molecular complexity index is 1100. The first-order valence-electron chi connectivity index (χ1n) is 9.67. The lowest BCUT2D eigenvalue weighted by Crippen LogP contribution is -2.13. The highest BCUT2D eigenvalue weighted by Gasteiger charge is 2.13. The van der Waals surface area contributed by atoms with E-state index in [0.29, 0.717) is 23.6 Å². The lowest BCUT2D eigenvalue weighted by molar-refractivity contribution is -0.111. The SMILES string of the molecule is O=C(Nc1ccc(OCc2ccccc2)cc1)/C(=C/c1ccco1)c1ccccc1. The monoisotopic (exact) mass is 395 g/mol. The van der Waals surface area contributed by atoms with Crippen molar-refractivity contribution in [3.63, 3.8) is 0 Å². The molecule has 0 saturated carbocycles. The molecule has 0 radical (unpaired) electrons. The fourth-order valence-electron chi connectivity index (χ4n) is 2.99. The molecule has 3 aromatic carbocycles. The molecule has 0 aliphatic heterocycles. The number of benzene rings is 3. The van der Waals surface area contributed by atoms with Gasteiger partial charge in [-0.2, -0.15) is 0 Å². The number of carbonyl (C=O) groups excluding carboxylic acids is 1. The predicted octanol–water partition coefficient (Wildman–Crippen LogP) is 6.04. The van der Waals surface area contributed by atoms with Crippen molar-refractivity contribution in [1.82, 2.24) is 0 Å². The van der Waals surface area contributed by atoms with Crippen molar-refractivity contribution in [2.45, 2.75) is 6.61 Å². The summed E-state index contributed by atoms with van der Waals surface area (Å²) in [5, 5.41) is 2.95. The molecule has 0 unspecified atom stereocenters. The van der Waals surface area contributed by atoms with Gasteiger partial charge < -0.3 is 14.5 Å². The van der Waals surface area contributed by atoms with E-state index in [4.69, 9.17) is 9.15 Å². The zero-order chi connectivity index (χ0) is 20.6. The van der Waals surface area contributed by atoms with Crippen molar-refractivity contribution in [2.24, 2.45) is 0 Å². The Morgan fingerprint density at radius 1 is 0.833 bits per heavy atom. The number of nitrogens with one attached hydrogen (secondary N) is 1. The fraction of sp³-hybridized carbons (Fsp3) is 0.0385. The first-order chi connectivity index (χ1) is 14.8. The van der Waals surface area contributed by atoms with E-state index in [9.17, 15) is 4.79 Å². The van der Waals surface area contributed by atoms with Crippen molar-refractivity contribution < 1.29 is 13.9 Å². The summed E-state index contributed by atoms with van der Waals surface area (Å²) in [6, 6.07) is 30.4. The smallest absolute Gasteiger partial charge is 0.256 e. The topological polar surface area (TPSA) is 51.5 Å². The van der Waals surface area contributed by atoms with Crippen LogP contribution >= 0.6 is 0 Å². The third kappa shape index (κ3) is 5.06. The molecule has 0 saturated heterocycles. The van der Waals surface area contributed by atoms with Crippen molar-refractivity contribution in [1.29, 1.82) is 0 Å². The summed E-state index contributed by atoms with van der Waals surface area (Å²) in [5.74, 6) is 1.15. The molecule has 1 heterocycles. The van der Waals surface area contributed by atoms with Crippen LogP contribution in [0.5, 0.6) is 5.75 Å². The van der Waals surface area contributed by atoms with E-state index in [1.54, 1.807) is 18.4 Å². The minimum atomic E-state index is -0.212. The standard InChI is InChI=1S/C26H21NO3/c28-26(25(18-24-12-7-17-29-24)21-10-5-2-6-11-21)27-22-13-15-23(16-14-22)30-19-20-8-3-1-4-9-20/h1-18H,19H2,(H,27,28)/b25-18+. The van der Waals surface area contributed by atoms with Gasteiger partial charge in [-0.3, -0.25) is 4.79 Å². The normalized spacial score (nSPS) is 11.1. The van der Waals surface area contributed by atoms with E-state index in [0.717, 1.165) is 16.9 Å². The van der Waals surface area contributed by atoms with E-state index >= 15 is 0 Å². The minimum Gasteiger partial charge on any atom is -0.489 e. The molecule has 0 fully saturated rings. The van der Waals surface area contributed by atoms with Gasteiger partial charge in [0, 0.05) is 5.69 Å². The van der Waals surface area contributed by atoms with E-state index in [1.807, 2.05) is 91.0 Å². The van der Waals surface area contributed by atoms with Gasteiger partial charge in [-0.1, -0.05) is 60.7 Å². The Kier molecular flexibility index (Phi) is 6.06. The summed E-state index contributed by atoms with van der Waals surface area (Å²) in [4.78, 5) is 13.0. The average Bonchev–Trinajstić information content (AvgIpc) is 3.32. The molecule has 1 amide bonds. The maximum Gasteiger partial charge on any atom is 0.256 e. The minimum absolute atomic E-state index is 0.212. The van der Waals surface area contributed by atoms with E-state index in [2.05, 4.69) is 5.32 Å². The molecule has 4 rings (SSSR count). The third-order valence-electron chi connectivity index (χ3n) is 4.52. The summed E-state index contributed by atoms with van der Waals surface area (Å²) < 4.78 is 11.2. The average molecular weight is 395 g/mol. The third-order valence-corrected chi connectivity index (χ3v) is 4.52. The van der Waals surface area contributed by atoms with Gasteiger partial charge in [-0.25, -0.2) is 0 Å². The summed E-state index contributed by atoms with van der Waals surface area (Å²) in [5.41, 5.74) is 3.13. The number of ether oxygens (including phenoxy) is 1. The zero-order valence-corrected chi connectivity index (χ0v) is 16.3. The molecule has 0 aliphatic rings. The first-order valence-corrected chi connectivity index (χ1v) is 9.67. The second-order valence-corrected chi connectivity index (χ2v) is 6.69. The molecule has 4 aromatic rings. The molecule has 148 valence electrons.